The maximum absolute atomic E-state index is 11.0. The van der Waals surface area contributed by atoms with Crippen LogP contribution in [-0.2, 0) is 0 Å². The molecular formula is C12H10N4O3. The average Bonchev–Trinajstić information content (AvgIpc) is 3.17. The number of nitro benzene ring substituents is 1. The normalized spacial score (nSPS) is 14.3. The van der Waals surface area contributed by atoms with Gasteiger partial charge < -0.3 is 0 Å². The smallest absolute Gasteiger partial charge is 0.271 e. The van der Waals surface area contributed by atoms with Gasteiger partial charge in [0, 0.05) is 18.1 Å². The van der Waals surface area contributed by atoms with Crippen LogP contribution in [0.2, 0.25) is 0 Å². The Hall–Kier alpha value is -2.57. The van der Waals surface area contributed by atoms with Gasteiger partial charge in [-0.3, -0.25) is 14.9 Å². The molecule has 0 amide bonds. The summed E-state index contributed by atoms with van der Waals surface area (Å²) in [7, 11) is 0. The molecule has 0 aliphatic heterocycles. The molecule has 7 heteroatoms. The fourth-order valence-corrected chi connectivity index (χ4v) is 2.05. The van der Waals surface area contributed by atoms with Crippen molar-refractivity contribution in [3.8, 4) is 5.69 Å². The van der Waals surface area contributed by atoms with Crippen LogP contribution in [-0.4, -0.2) is 26.2 Å². The summed E-state index contributed by atoms with van der Waals surface area (Å²) in [5, 5.41) is 18.5. The Bertz CT molecular complexity index is 661. The van der Waals surface area contributed by atoms with Crippen LogP contribution in [0.25, 0.3) is 5.69 Å². The third-order valence-corrected chi connectivity index (χ3v) is 3.09. The topological polar surface area (TPSA) is 90.9 Å². The highest BCUT2D eigenvalue weighted by molar-refractivity contribution is 5.74. The lowest BCUT2D eigenvalue weighted by atomic mass is 10.2. The number of aromatic nitrogens is 3. The minimum absolute atomic E-state index is 0.0117. The highest BCUT2D eigenvalue weighted by atomic mass is 16.6. The second kappa shape index (κ2) is 4.27. The van der Waals surface area contributed by atoms with Gasteiger partial charge in [0.25, 0.3) is 5.69 Å². The molecule has 1 heterocycles. The molecule has 0 atom stereocenters. The molecule has 1 aliphatic rings. The van der Waals surface area contributed by atoms with Crippen LogP contribution in [0, 0.1) is 10.1 Å². The molecule has 1 fully saturated rings. The number of carbonyl (C=O) groups excluding carboxylic acids is 1. The van der Waals surface area contributed by atoms with E-state index in [0.29, 0.717) is 17.7 Å². The van der Waals surface area contributed by atoms with Crippen molar-refractivity contribution in [2.45, 2.75) is 18.8 Å². The summed E-state index contributed by atoms with van der Waals surface area (Å²) in [6.07, 6.45) is 2.65. The first kappa shape index (κ1) is 11.5. The van der Waals surface area contributed by atoms with Crippen LogP contribution in [0.3, 0.4) is 0 Å². The van der Waals surface area contributed by atoms with Crippen molar-refractivity contribution in [3.63, 3.8) is 0 Å². The Morgan fingerprint density at radius 3 is 2.84 bits per heavy atom. The van der Waals surface area contributed by atoms with E-state index in [2.05, 4.69) is 10.3 Å². The largest absolute Gasteiger partial charge is 0.296 e. The van der Waals surface area contributed by atoms with Gasteiger partial charge >= 0.3 is 0 Å². The number of benzene rings is 1. The molecule has 1 aliphatic carbocycles. The maximum atomic E-state index is 11.0. The Kier molecular flexibility index (Phi) is 2.59. The molecule has 3 rings (SSSR count). The zero-order valence-corrected chi connectivity index (χ0v) is 9.89. The van der Waals surface area contributed by atoms with Crippen molar-refractivity contribution in [1.29, 1.82) is 0 Å². The van der Waals surface area contributed by atoms with Crippen molar-refractivity contribution in [1.82, 2.24) is 15.0 Å². The van der Waals surface area contributed by atoms with Gasteiger partial charge in [0.2, 0.25) is 0 Å². The second-order valence-electron chi connectivity index (χ2n) is 4.44. The number of rotatable bonds is 4. The molecule has 0 saturated heterocycles. The summed E-state index contributed by atoms with van der Waals surface area (Å²) in [5.74, 6) is 0.273. The molecule has 0 spiro atoms. The summed E-state index contributed by atoms with van der Waals surface area (Å²) in [4.78, 5) is 21.3. The Morgan fingerprint density at radius 1 is 1.42 bits per heavy atom. The molecule has 0 bridgehead atoms. The van der Waals surface area contributed by atoms with E-state index in [1.54, 1.807) is 12.1 Å². The zero-order valence-electron chi connectivity index (χ0n) is 9.89. The van der Waals surface area contributed by atoms with Crippen LogP contribution in [0.15, 0.2) is 24.3 Å². The van der Waals surface area contributed by atoms with E-state index >= 15 is 0 Å². The summed E-state index contributed by atoms with van der Waals surface area (Å²) in [6, 6.07) is 6.14. The first-order chi connectivity index (χ1) is 9.20. The molecule has 7 nitrogen and oxygen atoms in total. The van der Waals surface area contributed by atoms with Crippen molar-refractivity contribution in [3.05, 3.63) is 45.8 Å². The molecule has 1 saturated carbocycles. The van der Waals surface area contributed by atoms with Crippen LogP contribution < -0.4 is 0 Å². The standard InChI is InChI=1S/C12H10N4O3/c17-7-11-12(8-4-5-8)15(14-13-11)9-2-1-3-10(6-9)16(18)19/h1-3,6-8H,4-5H2. The minimum atomic E-state index is -0.460. The Labute approximate surface area is 108 Å². The van der Waals surface area contributed by atoms with E-state index in [1.165, 1.54) is 16.8 Å². The first-order valence-corrected chi connectivity index (χ1v) is 5.86. The van der Waals surface area contributed by atoms with Gasteiger partial charge in [0.1, 0.15) is 5.69 Å². The molecule has 0 radical (unpaired) electrons. The molecule has 2 aromatic rings. The highest BCUT2D eigenvalue weighted by Gasteiger charge is 2.31. The van der Waals surface area contributed by atoms with Crippen LogP contribution in [0.5, 0.6) is 0 Å². The van der Waals surface area contributed by atoms with Gasteiger partial charge in [-0.25, -0.2) is 4.68 Å². The molecule has 96 valence electrons. The van der Waals surface area contributed by atoms with E-state index < -0.39 is 4.92 Å². The van der Waals surface area contributed by atoms with Crippen molar-refractivity contribution in [2.24, 2.45) is 0 Å². The van der Waals surface area contributed by atoms with Crippen molar-refractivity contribution in [2.75, 3.05) is 0 Å². The number of nitrogens with zero attached hydrogens (tertiary/aromatic N) is 4. The van der Waals surface area contributed by atoms with Gasteiger partial charge in [0.05, 0.1) is 16.3 Å². The number of nitro groups is 1. The number of hydrogen-bond acceptors (Lipinski definition) is 5. The van der Waals surface area contributed by atoms with E-state index in [-0.39, 0.29) is 11.6 Å². The summed E-state index contributed by atoms with van der Waals surface area (Å²) in [6.45, 7) is 0. The third kappa shape index (κ3) is 1.99. The lowest BCUT2D eigenvalue weighted by Gasteiger charge is -2.05. The van der Waals surface area contributed by atoms with Crippen LogP contribution >= 0.6 is 0 Å². The van der Waals surface area contributed by atoms with Gasteiger partial charge in [-0.05, 0) is 18.9 Å². The van der Waals surface area contributed by atoms with E-state index in [1.807, 2.05) is 0 Å². The number of hydrogen-bond donors (Lipinski definition) is 0. The summed E-state index contributed by atoms with van der Waals surface area (Å²) < 4.78 is 1.52. The molecule has 0 unspecified atom stereocenters. The molecule has 19 heavy (non-hydrogen) atoms. The van der Waals surface area contributed by atoms with E-state index in [0.717, 1.165) is 18.5 Å². The molecule has 0 N–H and O–H groups in total. The van der Waals surface area contributed by atoms with Crippen molar-refractivity contribution < 1.29 is 9.72 Å². The average molecular weight is 258 g/mol. The van der Waals surface area contributed by atoms with Gasteiger partial charge in [-0.2, -0.15) is 0 Å². The summed E-state index contributed by atoms with van der Waals surface area (Å²) >= 11 is 0. The minimum Gasteiger partial charge on any atom is -0.296 e. The molecule has 1 aromatic heterocycles. The monoisotopic (exact) mass is 258 g/mol. The summed E-state index contributed by atoms with van der Waals surface area (Å²) in [5.41, 5.74) is 1.60. The quantitative estimate of drug-likeness (QED) is 0.474. The fraction of sp³-hybridized carbons (Fsp3) is 0.250. The molecule has 1 aromatic carbocycles. The third-order valence-electron chi connectivity index (χ3n) is 3.09. The number of carbonyl (C=O) groups is 1. The predicted octanol–water partition coefficient (Wildman–Crippen LogP) is 1.87. The fourth-order valence-electron chi connectivity index (χ4n) is 2.05. The number of non-ortho nitro benzene ring substituents is 1. The van der Waals surface area contributed by atoms with Gasteiger partial charge in [0.15, 0.2) is 6.29 Å². The Morgan fingerprint density at radius 2 is 2.21 bits per heavy atom. The number of aldehydes is 1. The lowest BCUT2D eigenvalue weighted by Crippen LogP contribution is -2.03. The van der Waals surface area contributed by atoms with Crippen molar-refractivity contribution >= 4 is 12.0 Å². The first-order valence-electron chi connectivity index (χ1n) is 5.86. The van der Waals surface area contributed by atoms with E-state index in [9.17, 15) is 14.9 Å². The van der Waals surface area contributed by atoms with E-state index in [4.69, 9.17) is 0 Å². The SMILES string of the molecule is O=Cc1nnn(-c2cccc([N+](=O)[O-])c2)c1C1CC1. The maximum Gasteiger partial charge on any atom is 0.271 e. The van der Waals surface area contributed by atoms with Crippen LogP contribution in [0.4, 0.5) is 5.69 Å². The van der Waals surface area contributed by atoms with Gasteiger partial charge in [-0.1, -0.05) is 11.3 Å². The Balaban J connectivity index is 2.11. The van der Waals surface area contributed by atoms with Gasteiger partial charge in [-0.15, -0.1) is 5.10 Å². The zero-order chi connectivity index (χ0) is 13.4. The lowest BCUT2D eigenvalue weighted by molar-refractivity contribution is -0.384. The highest BCUT2D eigenvalue weighted by Crippen LogP contribution is 2.41. The van der Waals surface area contributed by atoms with Crippen LogP contribution in [0.1, 0.15) is 34.9 Å². The predicted molar refractivity (Wildman–Crippen MR) is 65.4 cm³/mol. The molecular weight excluding hydrogens is 248 g/mol. The second-order valence-corrected chi connectivity index (χ2v) is 4.44.